The molecule has 1 aliphatic heterocycles. The first-order valence-electron chi connectivity index (χ1n) is 6.40. The van der Waals surface area contributed by atoms with Gasteiger partial charge in [-0.2, -0.15) is 16.1 Å². The van der Waals surface area contributed by atoms with E-state index in [1.165, 1.54) is 4.31 Å². The molecule has 112 valence electrons. The van der Waals surface area contributed by atoms with Crippen LogP contribution < -0.4 is 5.32 Å². The zero-order valence-corrected chi connectivity index (χ0v) is 12.8. The van der Waals surface area contributed by atoms with Crippen molar-refractivity contribution >= 4 is 27.7 Å². The van der Waals surface area contributed by atoms with E-state index >= 15 is 0 Å². The number of amides is 1. The van der Waals surface area contributed by atoms with Crippen LogP contribution >= 0.6 is 11.8 Å². The summed E-state index contributed by atoms with van der Waals surface area (Å²) >= 11 is 1.66. The number of hydrogen-bond acceptors (Lipinski definition) is 5. The molecule has 0 aromatic heterocycles. The zero-order valence-electron chi connectivity index (χ0n) is 11.2. The smallest absolute Gasteiger partial charge is 0.238 e. The minimum Gasteiger partial charge on any atom is -0.396 e. The molecule has 0 aromatic rings. The Bertz CT molecular complexity index is 386. The van der Waals surface area contributed by atoms with E-state index in [2.05, 4.69) is 5.32 Å². The van der Waals surface area contributed by atoms with Crippen LogP contribution in [0, 0.1) is 0 Å². The maximum Gasteiger partial charge on any atom is 0.238 e. The summed E-state index contributed by atoms with van der Waals surface area (Å²) in [6.45, 7) is 1.15. The van der Waals surface area contributed by atoms with Gasteiger partial charge in [-0.05, 0) is 25.0 Å². The molecule has 0 radical (unpaired) electrons. The van der Waals surface area contributed by atoms with Crippen LogP contribution in [0.2, 0.25) is 0 Å². The van der Waals surface area contributed by atoms with Crippen molar-refractivity contribution < 1.29 is 18.3 Å². The first-order valence-corrected chi connectivity index (χ1v) is 9.40. The predicted molar refractivity (Wildman–Crippen MR) is 76.6 cm³/mol. The van der Waals surface area contributed by atoms with E-state index in [0.717, 1.165) is 30.6 Å². The normalized spacial score (nSPS) is 20.6. The molecule has 0 aromatic carbocycles. The lowest BCUT2D eigenvalue weighted by molar-refractivity contribution is -0.124. The van der Waals surface area contributed by atoms with Crippen LogP contribution in [0.5, 0.6) is 0 Å². The first kappa shape index (κ1) is 16.7. The van der Waals surface area contributed by atoms with Crippen LogP contribution in [0.3, 0.4) is 0 Å². The highest BCUT2D eigenvalue weighted by Crippen LogP contribution is 2.20. The molecule has 6 nitrogen and oxygen atoms in total. The topological polar surface area (TPSA) is 86.7 Å². The van der Waals surface area contributed by atoms with E-state index in [1.807, 2.05) is 0 Å². The molecule has 2 N–H and O–H groups in total. The second kappa shape index (κ2) is 8.08. The maximum absolute atomic E-state index is 11.9. The third-order valence-corrected chi connectivity index (χ3v) is 5.28. The molecule has 8 heteroatoms. The minimum atomic E-state index is -3.30. The lowest BCUT2D eigenvalue weighted by atomic mass is 10.2. The van der Waals surface area contributed by atoms with Crippen molar-refractivity contribution in [1.29, 1.82) is 0 Å². The van der Waals surface area contributed by atoms with E-state index in [-0.39, 0.29) is 12.5 Å². The van der Waals surface area contributed by atoms with E-state index in [0.29, 0.717) is 19.5 Å². The second-order valence-corrected chi connectivity index (χ2v) is 7.67. The highest BCUT2D eigenvalue weighted by atomic mass is 32.2. The Kier molecular flexibility index (Phi) is 7.12. The van der Waals surface area contributed by atoms with Crippen molar-refractivity contribution in [2.24, 2.45) is 0 Å². The Hall–Kier alpha value is -0.310. The number of hydrogen-bond donors (Lipinski definition) is 2. The average Bonchev–Trinajstić information content (AvgIpc) is 2.82. The summed E-state index contributed by atoms with van der Waals surface area (Å²) in [5, 5.41) is 11.4. The average molecular weight is 310 g/mol. The molecule has 1 saturated heterocycles. The lowest BCUT2D eigenvalue weighted by Gasteiger charge is -2.21. The second-order valence-electron chi connectivity index (χ2n) is 4.51. The van der Waals surface area contributed by atoms with Gasteiger partial charge >= 0.3 is 0 Å². The highest BCUT2D eigenvalue weighted by molar-refractivity contribution is 7.99. The number of nitrogens with one attached hydrogen (secondary N) is 1. The van der Waals surface area contributed by atoms with Crippen molar-refractivity contribution in [3.05, 3.63) is 0 Å². The molecule has 0 bridgehead atoms. The molecule has 1 amide bonds. The number of thioether (sulfide) groups is 1. The summed E-state index contributed by atoms with van der Waals surface area (Å²) in [6.07, 6.45) is 3.22. The summed E-state index contributed by atoms with van der Waals surface area (Å²) in [6, 6.07) is -0.544. The van der Waals surface area contributed by atoms with E-state index < -0.39 is 16.1 Å². The number of aliphatic hydroxyl groups is 1. The fraction of sp³-hybridized carbons (Fsp3) is 0.909. The monoisotopic (exact) mass is 310 g/mol. The van der Waals surface area contributed by atoms with Crippen LogP contribution in [-0.4, -0.2) is 67.2 Å². The molecule has 1 fully saturated rings. The Balaban J connectivity index is 2.29. The summed E-state index contributed by atoms with van der Waals surface area (Å²) in [5.74, 6) is 1.44. The van der Waals surface area contributed by atoms with E-state index in [9.17, 15) is 13.2 Å². The van der Waals surface area contributed by atoms with Crippen molar-refractivity contribution in [2.45, 2.75) is 25.3 Å². The van der Waals surface area contributed by atoms with Gasteiger partial charge in [-0.3, -0.25) is 4.79 Å². The highest BCUT2D eigenvalue weighted by Gasteiger charge is 2.36. The van der Waals surface area contributed by atoms with Gasteiger partial charge in [0.15, 0.2) is 0 Å². The number of sulfonamides is 1. The van der Waals surface area contributed by atoms with Gasteiger partial charge in [-0.1, -0.05) is 0 Å². The van der Waals surface area contributed by atoms with Gasteiger partial charge < -0.3 is 10.4 Å². The summed E-state index contributed by atoms with van der Waals surface area (Å²) in [4.78, 5) is 11.9. The molecular formula is C11H22N2O4S2. The quantitative estimate of drug-likeness (QED) is 0.598. The van der Waals surface area contributed by atoms with Gasteiger partial charge in [0.05, 0.1) is 6.26 Å². The van der Waals surface area contributed by atoms with Crippen LogP contribution in [0.4, 0.5) is 0 Å². The number of carbonyl (C=O) groups is 1. The predicted octanol–water partition coefficient (Wildman–Crippen LogP) is -0.358. The fourth-order valence-electron chi connectivity index (χ4n) is 2.03. The molecule has 0 spiro atoms. The van der Waals surface area contributed by atoms with Crippen molar-refractivity contribution in [3.8, 4) is 0 Å². The van der Waals surface area contributed by atoms with Crippen LogP contribution in [-0.2, 0) is 14.8 Å². The van der Waals surface area contributed by atoms with Gasteiger partial charge in [0.2, 0.25) is 15.9 Å². The molecule has 1 rings (SSSR count). The molecule has 1 heterocycles. The van der Waals surface area contributed by atoms with Crippen molar-refractivity contribution in [2.75, 3.05) is 37.5 Å². The molecule has 19 heavy (non-hydrogen) atoms. The van der Waals surface area contributed by atoms with Gasteiger partial charge in [-0.25, -0.2) is 8.42 Å². The molecule has 0 saturated carbocycles. The van der Waals surface area contributed by atoms with Gasteiger partial charge in [0.25, 0.3) is 0 Å². The lowest BCUT2D eigenvalue weighted by Crippen LogP contribution is -2.46. The summed E-state index contributed by atoms with van der Waals surface area (Å²) in [5.41, 5.74) is 0. The minimum absolute atomic E-state index is 0.185. The molecule has 1 unspecified atom stereocenters. The van der Waals surface area contributed by atoms with Crippen molar-refractivity contribution in [3.63, 3.8) is 0 Å². The number of aliphatic hydroxyl groups excluding tert-OH is 1. The van der Waals surface area contributed by atoms with Crippen LogP contribution in [0.1, 0.15) is 19.3 Å². The third-order valence-electron chi connectivity index (χ3n) is 2.92. The van der Waals surface area contributed by atoms with Crippen LogP contribution in [0.15, 0.2) is 0 Å². The Labute approximate surface area is 119 Å². The standard InChI is InChI=1S/C11H22N2O4S2/c1-19(16,17)13-6-2-4-10(13)11(15)12-5-9-18-8-3-7-14/h10,14H,2-9H2,1H3,(H,12,15). The fourth-order valence-corrected chi connectivity index (χ4v) is 3.94. The SMILES string of the molecule is CS(=O)(=O)N1CCCC1C(=O)NCCSCCCO. The molecule has 0 aliphatic carbocycles. The van der Waals surface area contributed by atoms with Gasteiger partial charge in [0, 0.05) is 25.4 Å². The zero-order chi connectivity index (χ0) is 14.3. The number of carbonyl (C=O) groups excluding carboxylic acids is 1. The first-order chi connectivity index (χ1) is 8.96. The Morgan fingerprint density at radius 3 is 2.84 bits per heavy atom. The summed E-state index contributed by atoms with van der Waals surface area (Å²) in [7, 11) is -3.30. The largest absolute Gasteiger partial charge is 0.396 e. The number of nitrogens with zero attached hydrogens (tertiary/aromatic N) is 1. The van der Waals surface area contributed by atoms with Crippen molar-refractivity contribution in [1.82, 2.24) is 9.62 Å². The molecule has 1 atom stereocenters. The Morgan fingerprint density at radius 1 is 1.47 bits per heavy atom. The van der Waals surface area contributed by atoms with E-state index in [1.54, 1.807) is 11.8 Å². The van der Waals surface area contributed by atoms with Gasteiger partial charge in [-0.15, -0.1) is 0 Å². The maximum atomic E-state index is 11.9. The van der Waals surface area contributed by atoms with Gasteiger partial charge in [0.1, 0.15) is 6.04 Å². The van der Waals surface area contributed by atoms with Crippen LogP contribution in [0.25, 0.3) is 0 Å². The third kappa shape index (κ3) is 5.68. The molecule has 1 aliphatic rings. The Morgan fingerprint density at radius 2 is 2.21 bits per heavy atom. The number of rotatable bonds is 8. The molecular weight excluding hydrogens is 288 g/mol. The summed E-state index contributed by atoms with van der Waals surface area (Å²) < 4.78 is 24.3. The van der Waals surface area contributed by atoms with E-state index in [4.69, 9.17) is 5.11 Å².